The van der Waals surface area contributed by atoms with E-state index in [-0.39, 0.29) is 5.56 Å². The zero-order chi connectivity index (χ0) is 21.7. The maximum atomic E-state index is 12.9. The minimum atomic E-state index is -0.108. The molecule has 5 nitrogen and oxygen atoms in total. The third-order valence-electron chi connectivity index (χ3n) is 6.94. The van der Waals surface area contributed by atoms with Crippen molar-refractivity contribution in [3.05, 3.63) is 101 Å². The summed E-state index contributed by atoms with van der Waals surface area (Å²) in [4.78, 5) is 15.5. The van der Waals surface area contributed by atoms with Gasteiger partial charge in [-0.3, -0.25) is 9.36 Å². The van der Waals surface area contributed by atoms with Crippen molar-refractivity contribution in [1.29, 1.82) is 0 Å². The third kappa shape index (κ3) is 3.12. The number of hydrogen-bond donors (Lipinski definition) is 0. The number of pyridine rings is 1. The SMILES string of the molecule is [CH2-]n1c2c(c3ccc(-n4ccc(OCc5ccccc5)cc4=O)cc31)CCN1CCCC21. The van der Waals surface area contributed by atoms with Gasteiger partial charge in [-0.15, -0.1) is 7.05 Å². The van der Waals surface area contributed by atoms with Crippen molar-refractivity contribution >= 4 is 10.9 Å². The van der Waals surface area contributed by atoms with Crippen molar-refractivity contribution in [3.63, 3.8) is 0 Å². The summed E-state index contributed by atoms with van der Waals surface area (Å²) in [5, 5.41) is 1.26. The highest BCUT2D eigenvalue weighted by Gasteiger charge is 2.30. The highest BCUT2D eigenvalue weighted by Crippen LogP contribution is 2.42. The summed E-state index contributed by atoms with van der Waals surface area (Å²) in [6, 6.07) is 20.1. The van der Waals surface area contributed by atoms with Crippen LogP contribution in [0.3, 0.4) is 0 Å². The minimum absolute atomic E-state index is 0.108. The van der Waals surface area contributed by atoms with Crippen LogP contribution in [0.5, 0.6) is 5.75 Å². The molecular formula is C27H26N3O2-. The molecule has 5 heteroatoms. The molecule has 6 rings (SSSR count). The van der Waals surface area contributed by atoms with Gasteiger partial charge in [0, 0.05) is 30.5 Å². The standard InChI is InChI=1S/C27H26N3O2/c1-28-25-16-20(9-10-22(25)23-12-14-29-13-5-8-24(29)27(23)28)30-15-11-21(17-26(30)31)32-18-19-6-3-2-4-7-19/h2-4,6-7,9-11,15-17,24H,1,5,8,12-14,18H2/q-1. The zero-order valence-electron chi connectivity index (χ0n) is 18.0. The molecule has 2 aromatic carbocycles. The quantitative estimate of drug-likeness (QED) is 0.446. The molecular weight excluding hydrogens is 398 g/mol. The monoisotopic (exact) mass is 424 g/mol. The molecule has 0 bridgehead atoms. The molecule has 4 heterocycles. The number of fused-ring (bicyclic) bond motifs is 5. The second-order valence-electron chi connectivity index (χ2n) is 8.78. The summed E-state index contributed by atoms with van der Waals surface area (Å²) in [5.74, 6) is 0.577. The van der Waals surface area contributed by atoms with Crippen LogP contribution in [0.4, 0.5) is 0 Å². The van der Waals surface area contributed by atoms with E-state index in [1.165, 1.54) is 36.0 Å². The minimum Gasteiger partial charge on any atom is -0.489 e. The first-order chi connectivity index (χ1) is 15.7. The molecule has 1 atom stereocenters. The van der Waals surface area contributed by atoms with Crippen LogP contribution in [0, 0.1) is 7.05 Å². The lowest BCUT2D eigenvalue weighted by molar-refractivity contribution is 0.238. The van der Waals surface area contributed by atoms with Gasteiger partial charge in [-0.25, -0.2) is 0 Å². The number of aromatic nitrogens is 2. The van der Waals surface area contributed by atoms with Crippen LogP contribution in [-0.2, 0) is 13.0 Å². The van der Waals surface area contributed by atoms with Gasteiger partial charge in [0.2, 0.25) is 0 Å². The number of nitrogens with zero attached hydrogens (tertiary/aromatic N) is 3. The molecule has 0 amide bonds. The second-order valence-corrected chi connectivity index (χ2v) is 8.78. The van der Waals surface area contributed by atoms with Gasteiger partial charge in [0.15, 0.2) is 0 Å². The molecule has 0 spiro atoms. The van der Waals surface area contributed by atoms with Gasteiger partial charge in [-0.05, 0) is 43.5 Å². The average molecular weight is 425 g/mol. The molecule has 0 radical (unpaired) electrons. The average Bonchev–Trinajstić information content (AvgIpc) is 3.41. The van der Waals surface area contributed by atoms with Gasteiger partial charge in [-0.2, -0.15) is 0 Å². The highest BCUT2D eigenvalue weighted by molar-refractivity contribution is 5.88. The molecule has 2 aliphatic heterocycles. The Kier molecular flexibility index (Phi) is 4.58. The van der Waals surface area contributed by atoms with Crippen LogP contribution < -0.4 is 10.3 Å². The summed E-state index contributed by atoms with van der Waals surface area (Å²) >= 11 is 0. The Morgan fingerprint density at radius 3 is 2.75 bits per heavy atom. The predicted octanol–water partition coefficient (Wildman–Crippen LogP) is 4.70. The van der Waals surface area contributed by atoms with Crippen molar-refractivity contribution in [2.45, 2.75) is 31.9 Å². The Bertz CT molecular complexity index is 1350. The van der Waals surface area contributed by atoms with Crippen LogP contribution in [0.15, 0.2) is 71.7 Å². The smallest absolute Gasteiger partial charge is 0.258 e. The normalized spacial score (nSPS) is 17.9. The fourth-order valence-electron chi connectivity index (χ4n) is 5.39. The van der Waals surface area contributed by atoms with Crippen LogP contribution >= 0.6 is 0 Å². The van der Waals surface area contributed by atoms with Crippen molar-refractivity contribution in [1.82, 2.24) is 14.0 Å². The van der Waals surface area contributed by atoms with E-state index in [1.807, 2.05) is 42.5 Å². The lowest BCUT2D eigenvalue weighted by atomic mass is 9.97. The zero-order valence-corrected chi connectivity index (χ0v) is 18.0. The van der Waals surface area contributed by atoms with E-state index in [9.17, 15) is 4.79 Å². The van der Waals surface area contributed by atoms with Gasteiger partial charge in [-0.1, -0.05) is 64.6 Å². The Balaban J connectivity index is 1.32. The largest absolute Gasteiger partial charge is 0.489 e. The van der Waals surface area contributed by atoms with Crippen LogP contribution in [-0.4, -0.2) is 27.1 Å². The number of hydrogen-bond acceptors (Lipinski definition) is 3. The molecule has 4 aromatic rings. The van der Waals surface area contributed by atoms with Crippen LogP contribution in [0.25, 0.3) is 16.6 Å². The molecule has 0 N–H and O–H groups in total. The molecule has 2 aliphatic rings. The number of ether oxygens (including phenoxy) is 1. The lowest BCUT2D eigenvalue weighted by Crippen LogP contribution is -2.31. The number of rotatable bonds is 4. The van der Waals surface area contributed by atoms with Crippen molar-refractivity contribution in [3.8, 4) is 11.4 Å². The fourth-order valence-corrected chi connectivity index (χ4v) is 5.39. The summed E-state index contributed by atoms with van der Waals surface area (Å²) < 4.78 is 9.60. The Labute approximate surface area is 187 Å². The third-order valence-corrected chi connectivity index (χ3v) is 6.94. The van der Waals surface area contributed by atoms with E-state index >= 15 is 0 Å². The van der Waals surface area contributed by atoms with Gasteiger partial charge in [0.25, 0.3) is 5.56 Å². The van der Waals surface area contributed by atoms with Crippen LogP contribution in [0.1, 0.15) is 35.7 Å². The molecule has 32 heavy (non-hydrogen) atoms. The summed E-state index contributed by atoms with van der Waals surface area (Å²) in [7, 11) is 4.39. The Hall–Kier alpha value is -3.44. The van der Waals surface area contributed by atoms with Gasteiger partial charge in [0.05, 0.1) is 0 Å². The maximum Gasteiger partial charge on any atom is 0.258 e. The van der Waals surface area contributed by atoms with Gasteiger partial charge >= 0.3 is 0 Å². The second kappa shape index (κ2) is 7.61. The first-order valence-electron chi connectivity index (χ1n) is 11.3. The fraction of sp³-hybridized carbons (Fsp3) is 0.259. The Morgan fingerprint density at radius 2 is 1.91 bits per heavy atom. The maximum absolute atomic E-state index is 12.9. The van der Waals surface area contributed by atoms with E-state index in [4.69, 9.17) is 4.74 Å². The topological polar surface area (TPSA) is 39.4 Å². The molecule has 0 aliphatic carbocycles. The summed E-state index contributed by atoms with van der Waals surface area (Å²) in [6.07, 6.45) is 5.32. The molecule has 1 unspecified atom stereocenters. The van der Waals surface area contributed by atoms with Gasteiger partial charge < -0.3 is 14.2 Å². The van der Waals surface area contributed by atoms with Crippen molar-refractivity contribution in [2.24, 2.45) is 0 Å². The molecule has 1 saturated heterocycles. The lowest BCUT2D eigenvalue weighted by Gasteiger charge is -2.35. The first-order valence-corrected chi connectivity index (χ1v) is 11.3. The van der Waals surface area contributed by atoms with E-state index in [0.717, 1.165) is 29.7 Å². The van der Waals surface area contributed by atoms with E-state index in [1.54, 1.807) is 16.8 Å². The summed E-state index contributed by atoms with van der Waals surface area (Å²) in [6.45, 7) is 2.75. The Morgan fingerprint density at radius 1 is 1.03 bits per heavy atom. The molecule has 2 aromatic heterocycles. The molecule has 162 valence electrons. The highest BCUT2D eigenvalue weighted by atomic mass is 16.5. The van der Waals surface area contributed by atoms with Crippen molar-refractivity contribution in [2.75, 3.05) is 13.1 Å². The van der Waals surface area contributed by atoms with E-state index < -0.39 is 0 Å². The van der Waals surface area contributed by atoms with E-state index in [2.05, 4.69) is 28.6 Å². The van der Waals surface area contributed by atoms with Crippen LogP contribution in [0.2, 0.25) is 0 Å². The molecule has 1 fully saturated rings. The first kappa shape index (κ1) is 19.3. The number of benzene rings is 2. The predicted molar refractivity (Wildman–Crippen MR) is 126 cm³/mol. The van der Waals surface area contributed by atoms with Gasteiger partial charge in [0.1, 0.15) is 12.4 Å². The summed E-state index contributed by atoms with van der Waals surface area (Å²) in [5.41, 5.74) is 5.70. The van der Waals surface area contributed by atoms with E-state index in [0.29, 0.717) is 18.4 Å². The molecule has 0 saturated carbocycles. The van der Waals surface area contributed by atoms with Crippen molar-refractivity contribution < 1.29 is 4.74 Å².